The van der Waals surface area contributed by atoms with Crippen LogP contribution >= 0.6 is 0 Å². The molecule has 0 spiro atoms. The Labute approximate surface area is 115 Å². The van der Waals surface area contributed by atoms with Crippen LogP contribution in [0.4, 0.5) is 0 Å². The zero-order valence-corrected chi connectivity index (χ0v) is 11.9. The number of hydrogen-bond donors (Lipinski definition) is 1. The molecule has 1 amide bonds. The van der Waals surface area contributed by atoms with E-state index in [2.05, 4.69) is 19.1 Å². The van der Waals surface area contributed by atoms with E-state index in [0.29, 0.717) is 6.54 Å². The van der Waals surface area contributed by atoms with Crippen molar-refractivity contribution in [1.29, 1.82) is 0 Å². The molecule has 1 aliphatic rings. The molecule has 1 aromatic rings. The molecule has 1 saturated carbocycles. The third kappa shape index (κ3) is 3.16. The first-order valence-electron chi connectivity index (χ1n) is 7.22. The zero-order chi connectivity index (χ0) is 13.8. The van der Waals surface area contributed by atoms with Gasteiger partial charge in [-0.15, -0.1) is 0 Å². The van der Waals surface area contributed by atoms with Crippen molar-refractivity contribution in [3.8, 4) is 0 Å². The van der Waals surface area contributed by atoms with E-state index in [1.165, 1.54) is 11.1 Å². The van der Waals surface area contributed by atoms with Crippen molar-refractivity contribution in [3.63, 3.8) is 0 Å². The van der Waals surface area contributed by atoms with Gasteiger partial charge in [-0.1, -0.05) is 30.7 Å². The highest BCUT2D eigenvalue weighted by Crippen LogP contribution is 2.26. The van der Waals surface area contributed by atoms with E-state index in [1.54, 1.807) is 0 Å². The fourth-order valence-electron chi connectivity index (χ4n) is 2.87. The Morgan fingerprint density at radius 1 is 1.37 bits per heavy atom. The Morgan fingerprint density at radius 2 is 2.11 bits per heavy atom. The molecular formula is C16H24N2O. The van der Waals surface area contributed by atoms with E-state index >= 15 is 0 Å². The number of aryl methyl sites for hydroxylation is 1. The normalized spacial score (nSPS) is 22.5. The Bertz CT molecular complexity index is 444. The lowest BCUT2D eigenvalue weighted by molar-refractivity contribution is -0.136. The van der Waals surface area contributed by atoms with Crippen LogP contribution < -0.4 is 5.73 Å². The molecule has 1 aliphatic carbocycles. The minimum Gasteiger partial charge on any atom is -0.338 e. The molecule has 3 heteroatoms. The number of nitrogens with two attached hydrogens (primary N) is 1. The summed E-state index contributed by atoms with van der Waals surface area (Å²) < 4.78 is 0. The van der Waals surface area contributed by atoms with Crippen LogP contribution in [-0.2, 0) is 11.3 Å². The highest BCUT2D eigenvalue weighted by Gasteiger charge is 2.32. The average molecular weight is 260 g/mol. The second-order valence-electron chi connectivity index (χ2n) is 5.48. The molecule has 1 aromatic carbocycles. The van der Waals surface area contributed by atoms with Gasteiger partial charge in [0.1, 0.15) is 0 Å². The first-order valence-corrected chi connectivity index (χ1v) is 7.22. The Hall–Kier alpha value is -1.35. The van der Waals surface area contributed by atoms with Crippen molar-refractivity contribution >= 4 is 5.91 Å². The van der Waals surface area contributed by atoms with Crippen molar-refractivity contribution in [2.24, 2.45) is 11.7 Å². The predicted octanol–water partition coefficient (Wildman–Crippen LogP) is 2.47. The van der Waals surface area contributed by atoms with Crippen LogP contribution in [-0.4, -0.2) is 23.4 Å². The van der Waals surface area contributed by atoms with Gasteiger partial charge < -0.3 is 10.6 Å². The van der Waals surface area contributed by atoms with E-state index in [9.17, 15) is 4.79 Å². The fraction of sp³-hybridized carbons (Fsp3) is 0.562. The third-order valence-electron chi connectivity index (χ3n) is 4.20. The predicted molar refractivity (Wildman–Crippen MR) is 77.6 cm³/mol. The molecular weight excluding hydrogens is 236 g/mol. The van der Waals surface area contributed by atoms with E-state index < -0.39 is 0 Å². The Balaban J connectivity index is 2.08. The number of benzene rings is 1. The maximum Gasteiger partial charge on any atom is 0.227 e. The molecule has 2 N–H and O–H groups in total. The first kappa shape index (κ1) is 14.1. The lowest BCUT2D eigenvalue weighted by Gasteiger charge is -2.26. The van der Waals surface area contributed by atoms with Crippen LogP contribution in [0.2, 0.25) is 0 Å². The topological polar surface area (TPSA) is 46.3 Å². The third-order valence-corrected chi connectivity index (χ3v) is 4.20. The maximum atomic E-state index is 12.5. The van der Waals surface area contributed by atoms with E-state index in [4.69, 9.17) is 5.73 Å². The first-order chi connectivity index (χ1) is 9.13. The summed E-state index contributed by atoms with van der Waals surface area (Å²) in [5.41, 5.74) is 8.51. The summed E-state index contributed by atoms with van der Waals surface area (Å²) in [6.07, 6.45) is 3.02. The molecule has 0 radical (unpaired) electrons. The summed E-state index contributed by atoms with van der Waals surface area (Å²) in [4.78, 5) is 14.5. The summed E-state index contributed by atoms with van der Waals surface area (Å²) in [5, 5.41) is 0. The van der Waals surface area contributed by atoms with Gasteiger partial charge in [0.25, 0.3) is 0 Å². The van der Waals surface area contributed by atoms with Crippen LogP contribution in [0.3, 0.4) is 0 Å². The molecule has 3 nitrogen and oxygen atoms in total. The number of carbonyl (C=O) groups is 1. The van der Waals surface area contributed by atoms with Gasteiger partial charge in [-0.2, -0.15) is 0 Å². The summed E-state index contributed by atoms with van der Waals surface area (Å²) in [6.45, 7) is 5.58. The van der Waals surface area contributed by atoms with Crippen molar-refractivity contribution < 1.29 is 4.79 Å². The van der Waals surface area contributed by atoms with Crippen LogP contribution in [0.15, 0.2) is 24.3 Å². The molecule has 2 rings (SSSR count). The highest BCUT2D eigenvalue weighted by atomic mass is 16.2. The monoisotopic (exact) mass is 260 g/mol. The van der Waals surface area contributed by atoms with E-state index in [-0.39, 0.29) is 17.9 Å². The largest absolute Gasteiger partial charge is 0.338 e. The van der Waals surface area contributed by atoms with Gasteiger partial charge >= 0.3 is 0 Å². The molecule has 1 fully saturated rings. The summed E-state index contributed by atoms with van der Waals surface area (Å²) >= 11 is 0. The smallest absolute Gasteiger partial charge is 0.227 e. The second-order valence-corrected chi connectivity index (χ2v) is 5.48. The molecule has 0 aromatic heterocycles. The van der Waals surface area contributed by atoms with Gasteiger partial charge in [-0.25, -0.2) is 0 Å². The van der Waals surface area contributed by atoms with Crippen molar-refractivity contribution in [1.82, 2.24) is 4.90 Å². The number of amides is 1. The van der Waals surface area contributed by atoms with Gasteiger partial charge in [0, 0.05) is 19.1 Å². The summed E-state index contributed by atoms with van der Waals surface area (Å²) in [5.74, 6) is 0.264. The zero-order valence-electron chi connectivity index (χ0n) is 11.9. The summed E-state index contributed by atoms with van der Waals surface area (Å²) in [7, 11) is 0. The molecule has 0 aliphatic heterocycles. The molecule has 0 saturated heterocycles. The Kier molecular flexibility index (Phi) is 4.59. The second kappa shape index (κ2) is 6.20. The van der Waals surface area contributed by atoms with E-state index in [0.717, 1.165) is 25.8 Å². The number of carbonyl (C=O) groups excluding carboxylic acids is 1. The van der Waals surface area contributed by atoms with Gasteiger partial charge in [0.05, 0.1) is 5.92 Å². The molecule has 19 heavy (non-hydrogen) atoms. The number of hydrogen-bond acceptors (Lipinski definition) is 2. The molecule has 0 bridgehead atoms. The van der Waals surface area contributed by atoms with Crippen molar-refractivity contribution in [2.45, 2.75) is 45.7 Å². The van der Waals surface area contributed by atoms with Crippen LogP contribution in [0.5, 0.6) is 0 Å². The fourth-order valence-corrected chi connectivity index (χ4v) is 2.87. The number of rotatable bonds is 4. The minimum absolute atomic E-state index is 0.0315. The lowest BCUT2D eigenvalue weighted by atomic mass is 10.0. The maximum absolute atomic E-state index is 12.5. The molecule has 0 heterocycles. The lowest BCUT2D eigenvalue weighted by Crippen LogP contribution is -2.41. The number of nitrogens with zero attached hydrogens (tertiary/aromatic N) is 1. The minimum atomic E-state index is 0.0315. The van der Waals surface area contributed by atoms with Crippen molar-refractivity contribution in [2.75, 3.05) is 6.54 Å². The van der Waals surface area contributed by atoms with Gasteiger partial charge in [0.15, 0.2) is 0 Å². The van der Waals surface area contributed by atoms with E-state index in [1.807, 2.05) is 24.0 Å². The molecule has 0 unspecified atom stereocenters. The van der Waals surface area contributed by atoms with Gasteiger partial charge in [-0.3, -0.25) is 4.79 Å². The van der Waals surface area contributed by atoms with Gasteiger partial charge in [-0.05, 0) is 37.8 Å². The summed E-state index contributed by atoms with van der Waals surface area (Å²) in [6, 6.07) is 8.30. The highest BCUT2D eigenvalue weighted by molar-refractivity contribution is 5.80. The van der Waals surface area contributed by atoms with Crippen LogP contribution in [0.25, 0.3) is 0 Å². The SMILES string of the molecule is CCN(Cc1ccccc1C)C(=O)[C@H]1CCC[C@@H]1N. The average Bonchev–Trinajstić information content (AvgIpc) is 2.83. The van der Waals surface area contributed by atoms with Crippen LogP contribution in [0.1, 0.15) is 37.3 Å². The quantitative estimate of drug-likeness (QED) is 0.904. The molecule has 2 atom stereocenters. The van der Waals surface area contributed by atoms with Gasteiger partial charge in [0.2, 0.25) is 5.91 Å². The Morgan fingerprint density at radius 3 is 2.68 bits per heavy atom. The van der Waals surface area contributed by atoms with Crippen LogP contribution in [0, 0.1) is 12.8 Å². The van der Waals surface area contributed by atoms with Crippen molar-refractivity contribution in [3.05, 3.63) is 35.4 Å². The molecule has 104 valence electrons. The standard InChI is InChI=1S/C16H24N2O/c1-3-18(11-13-8-5-4-7-12(13)2)16(19)14-9-6-10-15(14)17/h4-5,7-8,14-15H,3,6,9-11,17H2,1-2H3/t14-,15-/m0/s1.